The van der Waals surface area contributed by atoms with E-state index in [0.717, 1.165) is 36.6 Å². The number of aliphatic hydroxyl groups excluding tert-OH is 1. The fourth-order valence-corrected chi connectivity index (χ4v) is 2.82. The molecule has 0 bridgehead atoms. The van der Waals surface area contributed by atoms with Crippen LogP contribution in [0.2, 0.25) is 0 Å². The van der Waals surface area contributed by atoms with E-state index >= 15 is 0 Å². The first-order chi connectivity index (χ1) is 11.3. The number of hydrogen-bond donors (Lipinski definition) is 2. The minimum atomic E-state index is 0.149. The lowest BCUT2D eigenvalue weighted by molar-refractivity contribution is 0.266. The number of nitrogens with zero attached hydrogens (tertiary/aromatic N) is 4. The maximum absolute atomic E-state index is 9.44. The molecule has 0 spiro atoms. The van der Waals surface area contributed by atoms with E-state index in [1.54, 1.807) is 18.5 Å². The third kappa shape index (κ3) is 3.58. The van der Waals surface area contributed by atoms with Gasteiger partial charge in [-0.05, 0) is 30.5 Å². The molecule has 2 heterocycles. The Hall–Kier alpha value is -2.65. The van der Waals surface area contributed by atoms with Gasteiger partial charge in [-0.3, -0.25) is 0 Å². The highest BCUT2D eigenvalue weighted by atomic mass is 16.3. The molecule has 0 radical (unpaired) electrons. The van der Waals surface area contributed by atoms with Crippen molar-refractivity contribution in [3.05, 3.63) is 47.8 Å². The van der Waals surface area contributed by atoms with Crippen LogP contribution in [-0.2, 0) is 6.54 Å². The number of nitriles is 1. The van der Waals surface area contributed by atoms with Gasteiger partial charge in [-0.1, -0.05) is 12.1 Å². The highest BCUT2D eigenvalue weighted by Crippen LogP contribution is 2.24. The van der Waals surface area contributed by atoms with Gasteiger partial charge in [-0.15, -0.1) is 0 Å². The van der Waals surface area contributed by atoms with Gasteiger partial charge in [0.1, 0.15) is 18.0 Å². The van der Waals surface area contributed by atoms with Gasteiger partial charge in [0, 0.05) is 19.2 Å². The minimum Gasteiger partial charge on any atom is -0.394 e. The van der Waals surface area contributed by atoms with E-state index < -0.39 is 0 Å². The average molecular weight is 309 g/mol. The largest absolute Gasteiger partial charge is 0.394 e. The second-order valence-corrected chi connectivity index (χ2v) is 5.60. The van der Waals surface area contributed by atoms with Crippen LogP contribution >= 0.6 is 0 Å². The van der Waals surface area contributed by atoms with Gasteiger partial charge in [0.15, 0.2) is 0 Å². The van der Waals surface area contributed by atoms with Crippen molar-refractivity contribution in [3.63, 3.8) is 0 Å². The van der Waals surface area contributed by atoms with Gasteiger partial charge in [0.2, 0.25) is 0 Å². The van der Waals surface area contributed by atoms with E-state index in [2.05, 4.69) is 26.3 Å². The van der Waals surface area contributed by atoms with Crippen LogP contribution in [0.15, 0.2) is 36.7 Å². The van der Waals surface area contributed by atoms with Gasteiger partial charge in [-0.25, -0.2) is 9.97 Å². The molecule has 2 aromatic rings. The molecule has 118 valence electrons. The Balaban J connectivity index is 1.66. The minimum absolute atomic E-state index is 0.149. The third-order valence-electron chi connectivity index (χ3n) is 4.09. The van der Waals surface area contributed by atoms with Gasteiger partial charge in [0.05, 0.1) is 24.3 Å². The van der Waals surface area contributed by atoms with Crippen molar-refractivity contribution < 1.29 is 5.11 Å². The molecule has 3 rings (SSSR count). The Kier molecular flexibility index (Phi) is 4.69. The predicted molar refractivity (Wildman–Crippen MR) is 88.0 cm³/mol. The second-order valence-electron chi connectivity index (χ2n) is 5.60. The molecule has 23 heavy (non-hydrogen) atoms. The maximum atomic E-state index is 9.44. The summed E-state index contributed by atoms with van der Waals surface area (Å²) >= 11 is 0. The number of benzene rings is 1. The summed E-state index contributed by atoms with van der Waals surface area (Å²) in [7, 11) is 0. The molecule has 0 aliphatic carbocycles. The lowest BCUT2D eigenvalue weighted by Gasteiger charge is -2.24. The van der Waals surface area contributed by atoms with Gasteiger partial charge in [0.25, 0.3) is 0 Å². The van der Waals surface area contributed by atoms with E-state index in [4.69, 9.17) is 5.26 Å². The van der Waals surface area contributed by atoms with Crippen LogP contribution < -0.4 is 10.2 Å². The SMILES string of the molecule is N#Cc1ccc(CNc2cc(N3CCCC3CO)ncn2)cc1. The predicted octanol–water partition coefficient (Wildman–Crippen LogP) is 1.92. The Morgan fingerprint density at radius 2 is 2.13 bits per heavy atom. The Labute approximate surface area is 135 Å². The third-order valence-corrected chi connectivity index (χ3v) is 4.09. The average Bonchev–Trinajstić information content (AvgIpc) is 3.09. The zero-order valence-electron chi connectivity index (χ0n) is 12.8. The smallest absolute Gasteiger partial charge is 0.134 e. The van der Waals surface area contributed by atoms with Crippen LogP contribution in [0, 0.1) is 11.3 Å². The lowest BCUT2D eigenvalue weighted by atomic mass is 10.1. The van der Waals surface area contributed by atoms with E-state index in [0.29, 0.717) is 12.1 Å². The summed E-state index contributed by atoms with van der Waals surface area (Å²) in [4.78, 5) is 10.7. The summed E-state index contributed by atoms with van der Waals surface area (Å²) in [6, 6.07) is 11.6. The quantitative estimate of drug-likeness (QED) is 0.878. The van der Waals surface area contributed by atoms with E-state index in [1.807, 2.05) is 18.2 Å². The number of rotatable bonds is 5. The van der Waals surface area contributed by atoms with Crippen molar-refractivity contribution in [2.24, 2.45) is 0 Å². The molecule has 1 saturated heterocycles. The molecular formula is C17H19N5O. The van der Waals surface area contributed by atoms with Crippen LogP contribution in [0.25, 0.3) is 0 Å². The zero-order chi connectivity index (χ0) is 16.1. The Morgan fingerprint density at radius 1 is 1.30 bits per heavy atom. The van der Waals surface area contributed by atoms with E-state index in [-0.39, 0.29) is 12.6 Å². The number of aromatic nitrogens is 2. The molecule has 0 amide bonds. The fourth-order valence-electron chi connectivity index (χ4n) is 2.82. The topological polar surface area (TPSA) is 85.1 Å². The zero-order valence-corrected chi connectivity index (χ0v) is 12.8. The standard InChI is InChI=1S/C17H19N5O/c18-9-13-3-5-14(6-4-13)10-19-16-8-17(21-12-20-16)22-7-1-2-15(22)11-23/h3-6,8,12,15,23H,1-2,7,10-11H2,(H,19,20,21). The van der Waals surface area contributed by atoms with Crippen molar-refractivity contribution >= 4 is 11.6 Å². The number of anilines is 2. The number of hydrogen-bond acceptors (Lipinski definition) is 6. The molecule has 1 aliphatic rings. The summed E-state index contributed by atoms with van der Waals surface area (Å²) in [5, 5.41) is 21.5. The molecule has 6 heteroatoms. The van der Waals surface area contributed by atoms with Crippen LogP contribution in [0.5, 0.6) is 0 Å². The molecule has 1 unspecified atom stereocenters. The number of aliphatic hydroxyl groups is 1. The molecule has 0 saturated carbocycles. The van der Waals surface area contributed by atoms with Crippen LogP contribution in [0.4, 0.5) is 11.6 Å². The highest BCUT2D eigenvalue weighted by Gasteiger charge is 2.25. The first-order valence-electron chi connectivity index (χ1n) is 7.72. The summed E-state index contributed by atoms with van der Waals surface area (Å²) in [5.41, 5.74) is 1.74. The van der Waals surface area contributed by atoms with Crippen LogP contribution in [-0.4, -0.2) is 34.3 Å². The summed E-state index contributed by atoms with van der Waals surface area (Å²) in [6.45, 7) is 1.70. The first-order valence-corrected chi connectivity index (χ1v) is 7.72. The summed E-state index contributed by atoms with van der Waals surface area (Å²) < 4.78 is 0. The molecular weight excluding hydrogens is 290 g/mol. The molecule has 1 aromatic carbocycles. The van der Waals surface area contributed by atoms with E-state index in [1.165, 1.54) is 0 Å². The first kappa shape index (κ1) is 15.3. The molecule has 1 aromatic heterocycles. The molecule has 1 fully saturated rings. The van der Waals surface area contributed by atoms with Crippen molar-refractivity contribution in [1.29, 1.82) is 5.26 Å². The number of nitrogens with one attached hydrogen (secondary N) is 1. The van der Waals surface area contributed by atoms with Gasteiger partial charge < -0.3 is 15.3 Å². The van der Waals surface area contributed by atoms with Crippen molar-refractivity contribution in [2.75, 3.05) is 23.4 Å². The fraction of sp³-hybridized carbons (Fsp3) is 0.353. The molecule has 6 nitrogen and oxygen atoms in total. The monoisotopic (exact) mass is 309 g/mol. The Morgan fingerprint density at radius 3 is 2.87 bits per heavy atom. The van der Waals surface area contributed by atoms with Crippen molar-refractivity contribution in [3.8, 4) is 6.07 Å². The lowest BCUT2D eigenvalue weighted by Crippen LogP contribution is -2.32. The van der Waals surface area contributed by atoms with Crippen molar-refractivity contribution in [1.82, 2.24) is 9.97 Å². The van der Waals surface area contributed by atoms with Crippen LogP contribution in [0.3, 0.4) is 0 Å². The van der Waals surface area contributed by atoms with Crippen molar-refractivity contribution in [2.45, 2.75) is 25.4 Å². The molecule has 1 aliphatic heterocycles. The highest BCUT2D eigenvalue weighted by molar-refractivity contribution is 5.50. The second kappa shape index (κ2) is 7.07. The van der Waals surface area contributed by atoms with Crippen LogP contribution in [0.1, 0.15) is 24.0 Å². The summed E-state index contributed by atoms with van der Waals surface area (Å²) in [5.74, 6) is 1.60. The summed E-state index contributed by atoms with van der Waals surface area (Å²) in [6.07, 6.45) is 3.61. The maximum Gasteiger partial charge on any atom is 0.134 e. The molecule has 1 atom stereocenters. The van der Waals surface area contributed by atoms with E-state index in [9.17, 15) is 5.11 Å². The molecule has 2 N–H and O–H groups in total. The normalized spacial score (nSPS) is 17.0. The van der Waals surface area contributed by atoms with Gasteiger partial charge >= 0.3 is 0 Å². The Bertz CT molecular complexity index is 695. The van der Waals surface area contributed by atoms with Gasteiger partial charge in [-0.2, -0.15) is 5.26 Å².